The van der Waals surface area contributed by atoms with Crippen molar-refractivity contribution in [1.29, 1.82) is 0 Å². The fraction of sp³-hybridized carbons (Fsp3) is 0.556. The molecule has 0 saturated heterocycles. The molecule has 0 fully saturated rings. The summed E-state index contributed by atoms with van der Waals surface area (Å²) < 4.78 is 0. The van der Waals surface area contributed by atoms with Crippen LogP contribution in [-0.2, 0) is 25.8 Å². The van der Waals surface area contributed by atoms with Gasteiger partial charge in [0.05, 0.1) is 0 Å². The van der Waals surface area contributed by atoms with Crippen LogP contribution < -0.4 is 0 Å². The third kappa shape index (κ3) is 13.3. The molecular weight excluding hydrogens is 303 g/mol. The van der Waals surface area contributed by atoms with E-state index < -0.39 is 0 Å². The van der Waals surface area contributed by atoms with Gasteiger partial charge in [-0.1, -0.05) is 13.3 Å². The summed E-state index contributed by atoms with van der Waals surface area (Å²) in [4.78, 5) is 0. The van der Waals surface area contributed by atoms with Crippen molar-refractivity contribution < 1.29 is 30.9 Å². The van der Waals surface area contributed by atoms with Gasteiger partial charge in [0.15, 0.2) is 0 Å². The minimum absolute atomic E-state index is 0. The van der Waals surface area contributed by atoms with E-state index in [2.05, 4.69) is 19.1 Å². The van der Waals surface area contributed by atoms with Crippen molar-refractivity contribution >= 4 is 0 Å². The number of aliphatic hydroxyl groups is 1. The van der Waals surface area contributed by atoms with Gasteiger partial charge in [-0.15, -0.1) is 6.42 Å². The molecule has 0 radical (unpaired) electrons. The van der Waals surface area contributed by atoms with Crippen molar-refractivity contribution in [2.24, 2.45) is 0 Å². The third-order valence-corrected chi connectivity index (χ3v) is 1.10. The molecule has 0 aliphatic heterocycles. The first kappa shape index (κ1) is 13.9. The first-order valence-corrected chi connectivity index (χ1v) is 3.74. The van der Waals surface area contributed by atoms with Crippen LogP contribution in [0.15, 0.2) is 18.2 Å². The first-order chi connectivity index (χ1) is 4.91. The van der Waals surface area contributed by atoms with E-state index in [9.17, 15) is 0 Å². The summed E-state index contributed by atoms with van der Waals surface area (Å²) >= 11 is 0. The number of aliphatic hydroxyl groups excluding tert-OH is 1. The molecule has 0 unspecified atom stereocenters. The van der Waals surface area contributed by atoms with Gasteiger partial charge in [0.25, 0.3) is 0 Å². The molecule has 1 rings (SSSR count). The molecule has 0 amide bonds. The molecule has 0 heterocycles. The molecule has 1 N–H and O–H groups in total. The van der Waals surface area contributed by atoms with Crippen LogP contribution in [0, 0.1) is 6.08 Å². The molecule has 1 nitrogen and oxygen atoms in total. The molecule has 0 aromatic heterocycles. The molecule has 1 aliphatic carbocycles. The van der Waals surface area contributed by atoms with Gasteiger partial charge in [0, 0.05) is 32.5 Å². The van der Waals surface area contributed by atoms with Crippen LogP contribution in [0.3, 0.4) is 0 Å². The molecule has 0 spiro atoms. The Labute approximate surface area is 88.0 Å². The van der Waals surface area contributed by atoms with Crippen molar-refractivity contribution in [3.05, 3.63) is 24.3 Å². The smallest absolute Gasteiger partial charge is 0.0430 e. The average Bonchev–Trinajstić information content (AvgIpc) is 2.44. The summed E-state index contributed by atoms with van der Waals surface area (Å²) in [6.07, 6.45) is 12.0. The summed E-state index contributed by atoms with van der Waals surface area (Å²) in [6.45, 7) is 2.40. The predicted molar refractivity (Wildman–Crippen MR) is 43.6 cm³/mol. The van der Waals surface area contributed by atoms with Crippen LogP contribution >= 0.6 is 0 Å². The zero-order valence-electron chi connectivity index (χ0n) is 7.01. The molecular formula is C9H15HfO-. The van der Waals surface area contributed by atoms with Crippen LogP contribution in [0.25, 0.3) is 0 Å². The second kappa shape index (κ2) is 12.9. The van der Waals surface area contributed by atoms with E-state index in [1.807, 2.05) is 12.2 Å². The van der Waals surface area contributed by atoms with Gasteiger partial charge in [0.1, 0.15) is 0 Å². The van der Waals surface area contributed by atoms with Crippen molar-refractivity contribution in [2.45, 2.75) is 26.2 Å². The second-order valence-corrected chi connectivity index (χ2v) is 2.08. The van der Waals surface area contributed by atoms with Crippen LogP contribution in [-0.4, -0.2) is 11.7 Å². The number of allylic oxidation sites excluding steroid dienone is 4. The summed E-state index contributed by atoms with van der Waals surface area (Å²) in [5, 5.41) is 8.07. The fourth-order valence-electron chi connectivity index (χ4n) is 0.498. The summed E-state index contributed by atoms with van der Waals surface area (Å²) in [5.74, 6) is 0. The average molecular weight is 318 g/mol. The Bertz CT molecular complexity index is 96.1. The molecule has 62 valence electrons. The largest absolute Gasteiger partial charge is 0.396 e. The molecule has 0 aromatic rings. The minimum Gasteiger partial charge on any atom is -0.396 e. The molecule has 0 bridgehead atoms. The first-order valence-electron chi connectivity index (χ1n) is 3.74. The maximum absolute atomic E-state index is 8.07. The number of hydrogen-bond acceptors (Lipinski definition) is 1. The van der Waals surface area contributed by atoms with E-state index in [4.69, 9.17) is 5.11 Å². The molecule has 0 aromatic carbocycles. The zero-order valence-corrected chi connectivity index (χ0v) is 10.6. The van der Waals surface area contributed by atoms with E-state index in [1.54, 1.807) is 0 Å². The topological polar surface area (TPSA) is 20.2 Å². The van der Waals surface area contributed by atoms with Crippen LogP contribution in [0.1, 0.15) is 26.2 Å². The third-order valence-electron chi connectivity index (χ3n) is 1.10. The summed E-state index contributed by atoms with van der Waals surface area (Å²) in [7, 11) is 0. The fourth-order valence-corrected chi connectivity index (χ4v) is 0.498. The van der Waals surface area contributed by atoms with Gasteiger partial charge in [0.2, 0.25) is 0 Å². The quantitative estimate of drug-likeness (QED) is 0.611. The summed E-state index contributed by atoms with van der Waals surface area (Å²) in [5.41, 5.74) is 0. The molecule has 2 heteroatoms. The maximum atomic E-state index is 8.07. The van der Waals surface area contributed by atoms with Gasteiger partial charge in [-0.05, 0) is 6.42 Å². The molecule has 1 aliphatic rings. The zero-order chi connectivity index (χ0) is 7.66. The van der Waals surface area contributed by atoms with Gasteiger partial charge in [-0.25, -0.2) is 12.2 Å². The van der Waals surface area contributed by atoms with Crippen molar-refractivity contribution in [1.82, 2.24) is 0 Å². The van der Waals surface area contributed by atoms with Crippen molar-refractivity contribution in [3.63, 3.8) is 0 Å². The monoisotopic (exact) mass is 319 g/mol. The molecule has 0 saturated carbocycles. The van der Waals surface area contributed by atoms with Gasteiger partial charge < -0.3 is 5.11 Å². The van der Waals surface area contributed by atoms with Crippen LogP contribution in [0.2, 0.25) is 0 Å². The minimum atomic E-state index is 0. The van der Waals surface area contributed by atoms with Crippen LogP contribution in [0.5, 0.6) is 0 Å². The van der Waals surface area contributed by atoms with Crippen molar-refractivity contribution in [2.75, 3.05) is 6.61 Å². The number of rotatable bonds is 2. The Morgan fingerprint density at radius 3 is 2.36 bits per heavy atom. The Morgan fingerprint density at radius 2 is 2.27 bits per heavy atom. The van der Waals surface area contributed by atoms with E-state index in [1.165, 1.54) is 0 Å². The van der Waals surface area contributed by atoms with Gasteiger partial charge >= 0.3 is 0 Å². The van der Waals surface area contributed by atoms with E-state index >= 15 is 0 Å². The van der Waals surface area contributed by atoms with E-state index in [-0.39, 0.29) is 25.8 Å². The summed E-state index contributed by atoms with van der Waals surface area (Å²) in [6, 6.07) is 0. The number of hydrogen-bond donors (Lipinski definition) is 1. The van der Waals surface area contributed by atoms with E-state index in [0.717, 1.165) is 19.3 Å². The standard InChI is InChI=1S/C5H5.C4H10O.Hf/c1-2-4-5-3-1;1-2-3-4-5;/h1-3H,4H2;5H,2-4H2,1H3;/q-1;;. The van der Waals surface area contributed by atoms with Crippen molar-refractivity contribution in [3.8, 4) is 0 Å². The Morgan fingerprint density at radius 1 is 1.55 bits per heavy atom. The normalized spacial score (nSPS) is 11.8. The Kier molecular flexibility index (Phi) is 16.3. The molecule has 11 heavy (non-hydrogen) atoms. The second-order valence-electron chi connectivity index (χ2n) is 2.08. The Hall–Kier alpha value is 0.310. The Balaban J connectivity index is 0. The number of unbranched alkanes of at least 4 members (excludes halogenated alkanes) is 1. The van der Waals surface area contributed by atoms with Gasteiger partial charge in [-0.3, -0.25) is 6.08 Å². The van der Waals surface area contributed by atoms with E-state index in [0.29, 0.717) is 6.61 Å². The molecule has 0 atom stereocenters. The van der Waals surface area contributed by atoms with Crippen LogP contribution in [0.4, 0.5) is 0 Å². The SMILES string of the molecule is CCCCO.[C-]1=CC=CC1.[Hf]. The maximum Gasteiger partial charge on any atom is 0.0430 e. The predicted octanol–water partition coefficient (Wildman–Crippen LogP) is 2.08. The van der Waals surface area contributed by atoms with Gasteiger partial charge in [-0.2, -0.15) is 6.08 Å².